The van der Waals surface area contributed by atoms with E-state index in [1.54, 1.807) is 19.1 Å². The largest absolute Gasteiger partial charge is 0.465 e. The van der Waals surface area contributed by atoms with Gasteiger partial charge in [-0.05, 0) is 73.2 Å². The maximum atomic E-state index is 13.4. The average Bonchev–Trinajstić information content (AvgIpc) is 2.79. The van der Waals surface area contributed by atoms with Crippen LogP contribution in [-0.2, 0) is 19.6 Å². The Balaban J connectivity index is 1.94. The Hall–Kier alpha value is -3.79. The van der Waals surface area contributed by atoms with Gasteiger partial charge in [-0.15, -0.1) is 0 Å². The molecule has 0 aliphatic heterocycles. The van der Waals surface area contributed by atoms with Gasteiger partial charge in [0.05, 0.1) is 23.3 Å². The predicted octanol–water partition coefficient (Wildman–Crippen LogP) is 3.89. The second-order valence-electron chi connectivity index (χ2n) is 6.96. The normalized spacial score (nSPS) is 11.0. The van der Waals surface area contributed by atoms with Crippen molar-refractivity contribution < 1.29 is 31.5 Å². The van der Waals surface area contributed by atoms with Gasteiger partial charge in [-0.1, -0.05) is 6.07 Å². The molecule has 172 valence electrons. The van der Waals surface area contributed by atoms with Gasteiger partial charge in [0.2, 0.25) is 5.91 Å². The summed E-state index contributed by atoms with van der Waals surface area (Å²) < 4.78 is 58.7. The van der Waals surface area contributed by atoms with Gasteiger partial charge in [-0.25, -0.2) is 22.0 Å². The van der Waals surface area contributed by atoms with Crippen LogP contribution in [0.2, 0.25) is 0 Å². The molecule has 0 saturated carbocycles. The number of hydrogen-bond acceptors (Lipinski definition) is 5. The smallest absolute Gasteiger partial charge is 0.338 e. The number of ether oxygens (including phenoxy) is 1. The van der Waals surface area contributed by atoms with E-state index >= 15 is 0 Å². The van der Waals surface area contributed by atoms with Crippen LogP contribution < -0.4 is 9.62 Å². The minimum Gasteiger partial charge on any atom is -0.465 e. The summed E-state index contributed by atoms with van der Waals surface area (Å²) in [5, 5.41) is 2.59. The summed E-state index contributed by atoms with van der Waals surface area (Å²) in [6, 6.07) is 13.3. The van der Waals surface area contributed by atoms with E-state index in [0.717, 1.165) is 40.7 Å². The highest BCUT2D eigenvalue weighted by molar-refractivity contribution is 7.92. The van der Waals surface area contributed by atoms with Crippen molar-refractivity contribution in [1.82, 2.24) is 0 Å². The summed E-state index contributed by atoms with van der Waals surface area (Å²) in [4.78, 5) is 24.5. The third-order valence-corrected chi connectivity index (χ3v) is 6.60. The predicted molar refractivity (Wildman–Crippen MR) is 118 cm³/mol. The first-order chi connectivity index (χ1) is 15.6. The second kappa shape index (κ2) is 9.78. The molecule has 0 saturated heterocycles. The van der Waals surface area contributed by atoms with Crippen LogP contribution in [0.15, 0.2) is 71.6 Å². The standard InChI is InChI=1S/C23H20F2N2O5S/c1-15-20(23(29)32-2)4-3-5-21(15)26-22(28)14-27(18-10-6-16(24)7-11-18)33(30,31)19-12-8-17(25)9-13-19/h3-13H,14H2,1-2H3,(H,26,28). The molecule has 7 nitrogen and oxygen atoms in total. The van der Waals surface area contributed by atoms with Crippen molar-refractivity contribution in [3.8, 4) is 0 Å². The van der Waals surface area contributed by atoms with Crippen LogP contribution in [-0.4, -0.2) is 33.9 Å². The number of rotatable bonds is 7. The van der Waals surface area contributed by atoms with E-state index in [0.29, 0.717) is 11.3 Å². The zero-order valence-corrected chi connectivity index (χ0v) is 18.5. The minimum absolute atomic E-state index is 0.0379. The number of nitrogens with zero attached hydrogens (tertiary/aromatic N) is 1. The summed E-state index contributed by atoms with van der Waals surface area (Å²) >= 11 is 0. The molecule has 10 heteroatoms. The van der Waals surface area contributed by atoms with Crippen LogP contribution in [0, 0.1) is 18.6 Å². The first-order valence-corrected chi connectivity index (χ1v) is 11.1. The number of anilines is 2. The van der Waals surface area contributed by atoms with E-state index in [2.05, 4.69) is 5.32 Å². The lowest BCUT2D eigenvalue weighted by Crippen LogP contribution is -2.38. The average molecular weight is 474 g/mol. The minimum atomic E-state index is -4.30. The van der Waals surface area contributed by atoms with E-state index in [1.165, 1.54) is 25.3 Å². The molecule has 3 rings (SSSR count). The molecule has 0 radical (unpaired) electrons. The third-order valence-electron chi connectivity index (χ3n) is 4.82. The molecule has 0 aliphatic carbocycles. The van der Waals surface area contributed by atoms with Crippen molar-refractivity contribution >= 4 is 33.3 Å². The molecule has 3 aromatic carbocycles. The lowest BCUT2D eigenvalue weighted by atomic mass is 10.1. The Morgan fingerprint density at radius 3 is 2.09 bits per heavy atom. The number of nitrogens with one attached hydrogen (secondary N) is 1. The van der Waals surface area contributed by atoms with Gasteiger partial charge in [0.1, 0.15) is 18.2 Å². The van der Waals surface area contributed by atoms with Crippen LogP contribution in [0.3, 0.4) is 0 Å². The Morgan fingerprint density at radius 2 is 1.52 bits per heavy atom. The summed E-state index contributed by atoms with van der Waals surface area (Å²) in [5.74, 6) is -2.51. The van der Waals surface area contributed by atoms with Crippen molar-refractivity contribution in [2.75, 3.05) is 23.3 Å². The molecule has 0 atom stereocenters. The molecule has 0 spiro atoms. The Bertz CT molecular complexity index is 1280. The van der Waals surface area contributed by atoms with Gasteiger partial charge >= 0.3 is 5.97 Å². The SMILES string of the molecule is COC(=O)c1cccc(NC(=O)CN(c2ccc(F)cc2)S(=O)(=O)c2ccc(F)cc2)c1C. The van der Waals surface area contributed by atoms with Gasteiger partial charge in [0, 0.05) is 5.69 Å². The third kappa shape index (κ3) is 5.35. The summed E-state index contributed by atoms with van der Waals surface area (Å²) in [7, 11) is -3.07. The van der Waals surface area contributed by atoms with Crippen molar-refractivity contribution in [3.63, 3.8) is 0 Å². The number of carbonyl (C=O) groups is 2. The number of benzene rings is 3. The first-order valence-electron chi connectivity index (χ1n) is 9.65. The highest BCUT2D eigenvalue weighted by Crippen LogP contribution is 2.25. The van der Waals surface area contributed by atoms with Crippen molar-refractivity contribution in [1.29, 1.82) is 0 Å². The molecule has 0 unspecified atom stereocenters. The number of amides is 1. The maximum Gasteiger partial charge on any atom is 0.338 e. The number of hydrogen-bond donors (Lipinski definition) is 1. The Kier molecular flexibility index (Phi) is 7.07. The summed E-state index contributed by atoms with van der Waals surface area (Å²) in [5.41, 5.74) is 1.01. The molecule has 0 heterocycles. The second-order valence-corrected chi connectivity index (χ2v) is 8.82. The molecular weight excluding hydrogens is 454 g/mol. The van der Waals surface area contributed by atoms with Gasteiger partial charge in [-0.2, -0.15) is 0 Å². The molecule has 0 aromatic heterocycles. The van der Waals surface area contributed by atoms with Crippen LogP contribution in [0.25, 0.3) is 0 Å². The summed E-state index contributed by atoms with van der Waals surface area (Å²) in [6.45, 7) is 0.947. The van der Waals surface area contributed by atoms with Crippen molar-refractivity contribution in [2.45, 2.75) is 11.8 Å². The maximum absolute atomic E-state index is 13.4. The topological polar surface area (TPSA) is 92.8 Å². The summed E-state index contributed by atoms with van der Waals surface area (Å²) in [6.07, 6.45) is 0. The molecule has 1 amide bonds. The van der Waals surface area contributed by atoms with Crippen molar-refractivity contribution in [2.24, 2.45) is 0 Å². The van der Waals surface area contributed by atoms with E-state index in [9.17, 15) is 26.8 Å². The highest BCUT2D eigenvalue weighted by Gasteiger charge is 2.27. The van der Waals surface area contributed by atoms with Crippen LogP contribution in [0.5, 0.6) is 0 Å². The fraction of sp³-hybridized carbons (Fsp3) is 0.130. The fourth-order valence-corrected chi connectivity index (χ4v) is 4.50. The molecule has 0 bridgehead atoms. The number of methoxy groups -OCH3 is 1. The molecule has 0 aliphatic rings. The van der Waals surface area contributed by atoms with E-state index in [-0.39, 0.29) is 16.1 Å². The van der Waals surface area contributed by atoms with Gasteiger partial charge in [0.15, 0.2) is 0 Å². The number of carbonyl (C=O) groups excluding carboxylic acids is 2. The monoisotopic (exact) mass is 474 g/mol. The zero-order chi connectivity index (χ0) is 24.2. The van der Waals surface area contributed by atoms with Crippen LogP contribution in [0.1, 0.15) is 15.9 Å². The molecular formula is C23H20F2N2O5S. The molecule has 3 aromatic rings. The van der Waals surface area contributed by atoms with Crippen LogP contribution in [0.4, 0.5) is 20.2 Å². The quantitative estimate of drug-likeness (QED) is 0.525. The lowest BCUT2D eigenvalue weighted by molar-refractivity contribution is -0.114. The number of sulfonamides is 1. The molecule has 1 N–H and O–H groups in total. The Labute approximate surface area is 189 Å². The van der Waals surface area contributed by atoms with Gasteiger partial charge in [-0.3, -0.25) is 9.10 Å². The van der Waals surface area contributed by atoms with E-state index in [1.807, 2.05) is 0 Å². The lowest BCUT2D eigenvalue weighted by Gasteiger charge is -2.24. The number of halogens is 2. The van der Waals surface area contributed by atoms with E-state index in [4.69, 9.17) is 4.74 Å². The fourth-order valence-electron chi connectivity index (χ4n) is 3.08. The molecule has 0 fully saturated rings. The highest BCUT2D eigenvalue weighted by atomic mass is 32.2. The first kappa shape index (κ1) is 23.9. The van der Waals surface area contributed by atoms with Crippen LogP contribution >= 0.6 is 0 Å². The van der Waals surface area contributed by atoms with Gasteiger partial charge < -0.3 is 10.1 Å². The van der Waals surface area contributed by atoms with E-state index < -0.39 is 40.1 Å². The zero-order valence-electron chi connectivity index (χ0n) is 17.7. The van der Waals surface area contributed by atoms with Gasteiger partial charge in [0.25, 0.3) is 10.0 Å². The number of esters is 1. The van der Waals surface area contributed by atoms with Crippen molar-refractivity contribution in [3.05, 3.63) is 89.5 Å². The Morgan fingerprint density at radius 1 is 0.939 bits per heavy atom. The molecule has 33 heavy (non-hydrogen) atoms.